The van der Waals surface area contributed by atoms with Crippen LogP contribution in [0.5, 0.6) is 0 Å². The van der Waals surface area contributed by atoms with Crippen LogP contribution in [0.4, 0.5) is 5.69 Å². The van der Waals surface area contributed by atoms with Crippen LogP contribution in [0.25, 0.3) is 0 Å². The Bertz CT molecular complexity index is 850. The minimum Gasteiger partial charge on any atom is -0.330 e. The highest BCUT2D eigenvalue weighted by Gasteiger charge is 2.21. The van der Waals surface area contributed by atoms with Crippen molar-refractivity contribution in [3.8, 4) is 0 Å². The molecule has 4 N–H and O–H groups in total. The average molecular weight is 391 g/mol. The molecule has 0 aliphatic rings. The number of benzene rings is 2. The first kappa shape index (κ1) is 21.1. The second-order valence-electron chi connectivity index (χ2n) is 6.97. The van der Waals surface area contributed by atoms with Crippen LogP contribution in [0.3, 0.4) is 0 Å². The second kappa shape index (κ2) is 9.12. The van der Waals surface area contributed by atoms with E-state index in [0.29, 0.717) is 5.69 Å². The van der Waals surface area contributed by atoms with Crippen molar-refractivity contribution in [3.05, 3.63) is 60.2 Å². The molecule has 0 saturated heterocycles. The molecule has 0 aliphatic heterocycles. The Balaban J connectivity index is 1.97. The van der Waals surface area contributed by atoms with E-state index in [1.54, 1.807) is 26.0 Å². The lowest BCUT2D eigenvalue weighted by molar-refractivity contribution is -0.709. The molecule has 0 bridgehead atoms. The fourth-order valence-electron chi connectivity index (χ4n) is 2.74. The van der Waals surface area contributed by atoms with Crippen molar-refractivity contribution in [1.82, 2.24) is 4.72 Å². The van der Waals surface area contributed by atoms with Gasteiger partial charge >= 0.3 is 0 Å². The molecule has 2 rings (SSSR count). The van der Waals surface area contributed by atoms with Crippen molar-refractivity contribution < 1.29 is 18.5 Å². The summed E-state index contributed by atoms with van der Waals surface area (Å²) in [5.41, 5.74) is 1.72. The summed E-state index contributed by atoms with van der Waals surface area (Å²) < 4.78 is 26.8. The number of rotatable bonds is 8. The number of nitrogens with one attached hydrogen (secondary N) is 2. The highest BCUT2D eigenvalue weighted by Crippen LogP contribution is 2.14. The summed E-state index contributed by atoms with van der Waals surface area (Å²) in [5.74, 6) is -0.131. The largest absolute Gasteiger partial charge is 0.330 e. The summed E-state index contributed by atoms with van der Waals surface area (Å²) in [7, 11) is -3.54. The number of sulfonamides is 1. The maximum absolute atomic E-state index is 12.4. The normalized spacial score (nSPS) is 14.0. The number of hydrogen-bond acceptors (Lipinski definition) is 3. The van der Waals surface area contributed by atoms with E-state index in [9.17, 15) is 13.2 Å². The van der Waals surface area contributed by atoms with Crippen LogP contribution in [-0.2, 0) is 14.8 Å². The lowest BCUT2D eigenvalue weighted by Crippen LogP contribution is -2.91. The third-order valence-corrected chi connectivity index (χ3v) is 5.81. The molecule has 0 saturated carbocycles. The van der Waals surface area contributed by atoms with Crippen molar-refractivity contribution in [2.45, 2.75) is 50.7 Å². The molecule has 2 aromatic carbocycles. The summed E-state index contributed by atoms with van der Waals surface area (Å²) in [6, 6.07) is 15.9. The zero-order chi connectivity index (χ0) is 20.0. The highest BCUT2D eigenvalue weighted by molar-refractivity contribution is 7.89. The monoisotopic (exact) mass is 390 g/mol. The molecule has 0 aromatic heterocycles. The van der Waals surface area contributed by atoms with Crippen LogP contribution in [0, 0.1) is 0 Å². The molecule has 0 heterocycles. The third-order valence-electron chi connectivity index (χ3n) is 4.14. The number of amides is 1. The van der Waals surface area contributed by atoms with E-state index < -0.39 is 10.0 Å². The van der Waals surface area contributed by atoms with Crippen LogP contribution in [-0.4, -0.2) is 26.4 Å². The van der Waals surface area contributed by atoms with E-state index in [4.69, 9.17) is 0 Å². The average Bonchev–Trinajstić information content (AvgIpc) is 2.61. The van der Waals surface area contributed by atoms with E-state index in [1.165, 1.54) is 12.1 Å². The fourth-order valence-corrected chi connectivity index (χ4v) is 3.99. The standard InChI is InChI=1S/C20H27N3O3S/c1-14(2)23-27(25,26)19-12-10-18(11-13-19)22-20(24)16(4)21-15(3)17-8-6-5-7-9-17/h5-16,21,23H,1-4H3,(H,22,24)/p+1/t15-,16+/m1/s1. The molecule has 0 radical (unpaired) electrons. The second-order valence-corrected chi connectivity index (χ2v) is 8.68. The molecule has 2 aromatic rings. The van der Waals surface area contributed by atoms with Crippen LogP contribution in [0.15, 0.2) is 59.5 Å². The molecule has 0 fully saturated rings. The predicted octanol–water partition coefficient (Wildman–Crippen LogP) is 2.02. The third kappa shape index (κ3) is 6.16. The molecule has 27 heavy (non-hydrogen) atoms. The van der Waals surface area contributed by atoms with Gasteiger partial charge in [-0.05, 0) is 52.0 Å². The van der Waals surface area contributed by atoms with Crippen LogP contribution in [0.1, 0.15) is 39.3 Å². The van der Waals surface area contributed by atoms with Gasteiger partial charge in [-0.25, -0.2) is 13.1 Å². The zero-order valence-electron chi connectivity index (χ0n) is 16.1. The minimum absolute atomic E-state index is 0.131. The van der Waals surface area contributed by atoms with Gasteiger partial charge in [0, 0.05) is 17.3 Å². The van der Waals surface area contributed by atoms with E-state index in [2.05, 4.69) is 17.0 Å². The summed E-state index contributed by atoms with van der Waals surface area (Å²) in [6.45, 7) is 7.43. The Kier molecular flexibility index (Phi) is 7.12. The van der Waals surface area contributed by atoms with Gasteiger partial charge in [-0.3, -0.25) is 4.79 Å². The van der Waals surface area contributed by atoms with Gasteiger partial charge in [0.05, 0.1) is 4.90 Å². The van der Waals surface area contributed by atoms with E-state index in [0.717, 1.165) is 5.56 Å². The quantitative estimate of drug-likeness (QED) is 0.644. The van der Waals surface area contributed by atoms with Gasteiger partial charge in [0.15, 0.2) is 6.04 Å². The van der Waals surface area contributed by atoms with Gasteiger partial charge in [-0.1, -0.05) is 30.3 Å². The molecular weight excluding hydrogens is 362 g/mol. The SMILES string of the molecule is CC(C)NS(=O)(=O)c1ccc(NC(=O)[C@H](C)[NH2+][C@H](C)c2ccccc2)cc1. The van der Waals surface area contributed by atoms with Gasteiger partial charge < -0.3 is 10.6 Å². The molecule has 2 atom stereocenters. The smallest absolute Gasteiger partial charge is 0.282 e. The van der Waals surface area contributed by atoms with Gasteiger partial charge in [-0.2, -0.15) is 0 Å². The lowest BCUT2D eigenvalue weighted by atomic mass is 10.1. The van der Waals surface area contributed by atoms with Gasteiger partial charge in [0.2, 0.25) is 10.0 Å². The number of quaternary nitrogens is 1. The van der Waals surface area contributed by atoms with Crippen molar-refractivity contribution in [2.75, 3.05) is 5.32 Å². The first-order valence-corrected chi connectivity index (χ1v) is 10.5. The first-order valence-electron chi connectivity index (χ1n) is 9.02. The van der Waals surface area contributed by atoms with Crippen molar-refractivity contribution in [1.29, 1.82) is 0 Å². The number of nitrogens with two attached hydrogens (primary N) is 1. The Hall–Kier alpha value is -2.22. The Morgan fingerprint density at radius 3 is 2.07 bits per heavy atom. The number of carbonyl (C=O) groups excluding carboxylic acids is 1. The molecule has 0 aliphatic carbocycles. The van der Waals surface area contributed by atoms with Crippen LogP contribution >= 0.6 is 0 Å². The minimum atomic E-state index is -3.54. The topological polar surface area (TPSA) is 91.9 Å². The van der Waals surface area contributed by atoms with E-state index in [-0.39, 0.29) is 28.9 Å². The zero-order valence-corrected chi connectivity index (χ0v) is 17.0. The Morgan fingerprint density at radius 2 is 1.52 bits per heavy atom. The summed E-state index contributed by atoms with van der Waals surface area (Å²) in [4.78, 5) is 12.6. The Morgan fingerprint density at radius 1 is 0.926 bits per heavy atom. The molecule has 6 nitrogen and oxygen atoms in total. The molecule has 0 spiro atoms. The molecular formula is C20H28N3O3S+. The van der Waals surface area contributed by atoms with Crippen LogP contribution in [0.2, 0.25) is 0 Å². The van der Waals surface area contributed by atoms with Crippen LogP contribution < -0.4 is 15.4 Å². The number of hydrogen-bond donors (Lipinski definition) is 3. The van der Waals surface area contributed by atoms with E-state index in [1.807, 2.05) is 42.6 Å². The van der Waals surface area contributed by atoms with Gasteiger partial charge in [-0.15, -0.1) is 0 Å². The van der Waals surface area contributed by atoms with E-state index >= 15 is 0 Å². The summed E-state index contributed by atoms with van der Waals surface area (Å²) in [5, 5.41) is 4.83. The van der Waals surface area contributed by atoms with Crippen molar-refractivity contribution in [3.63, 3.8) is 0 Å². The molecule has 1 amide bonds. The highest BCUT2D eigenvalue weighted by atomic mass is 32.2. The van der Waals surface area contributed by atoms with Crippen molar-refractivity contribution >= 4 is 21.6 Å². The number of carbonyl (C=O) groups is 1. The lowest BCUT2D eigenvalue weighted by Gasteiger charge is -2.17. The van der Waals surface area contributed by atoms with Gasteiger partial charge in [0.25, 0.3) is 5.91 Å². The molecule has 7 heteroatoms. The maximum Gasteiger partial charge on any atom is 0.282 e. The van der Waals surface area contributed by atoms with Crippen molar-refractivity contribution in [2.24, 2.45) is 0 Å². The summed E-state index contributed by atoms with van der Waals surface area (Å²) >= 11 is 0. The number of anilines is 1. The fraction of sp³-hybridized carbons (Fsp3) is 0.350. The molecule has 146 valence electrons. The summed E-state index contributed by atoms with van der Waals surface area (Å²) in [6.07, 6.45) is 0. The van der Waals surface area contributed by atoms with Gasteiger partial charge in [0.1, 0.15) is 6.04 Å². The predicted molar refractivity (Wildman–Crippen MR) is 107 cm³/mol. The Labute approximate surface area is 161 Å². The molecule has 0 unspecified atom stereocenters. The first-order chi connectivity index (χ1) is 12.7. The maximum atomic E-state index is 12.4.